The Morgan fingerprint density at radius 1 is 1.13 bits per heavy atom. The number of hydrogen-bond donors (Lipinski definition) is 1. The van der Waals surface area contributed by atoms with E-state index >= 15 is 0 Å². The number of nitrogens with zero attached hydrogens (tertiary/aromatic N) is 1. The van der Waals surface area contributed by atoms with Crippen LogP contribution in [0.25, 0.3) is 0 Å². The third-order valence-corrected chi connectivity index (χ3v) is 4.71. The lowest BCUT2D eigenvalue weighted by Gasteiger charge is -2.37. The van der Waals surface area contributed by atoms with E-state index in [9.17, 15) is 4.79 Å². The van der Waals surface area contributed by atoms with Crippen LogP contribution in [0.3, 0.4) is 0 Å². The van der Waals surface area contributed by atoms with Crippen molar-refractivity contribution in [2.45, 2.75) is 30.9 Å². The molecule has 4 heterocycles. The first-order valence-corrected chi connectivity index (χ1v) is 8.06. The Hall–Kier alpha value is -1.86. The number of carbonyl (C=O) groups excluding carboxylic acids is 1. The number of pyridine rings is 1. The van der Waals surface area contributed by atoms with Gasteiger partial charge in [-0.2, -0.15) is 0 Å². The first-order valence-electron chi connectivity index (χ1n) is 8.06. The highest BCUT2D eigenvalue weighted by Crippen LogP contribution is 2.35. The van der Waals surface area contributed by atoms with E-state index in [0.717, 1.165) is 19.3 Å². The van der Waals surface area contributed by atoms with Gasteiger partial charge in [0.1, 0.15) is 18.9 Å². The molecule has 0 bridgehead atoms. The average Bonchev–Trinajstić information content (AvgIpc) is 2.96. The van der Waals surface area contributed by atoms with Crippen LogP contribution in [0.2, 0.25) is 0 Å². The average molecular weight is 320 g/mol. The number of carbonyl (C=O) groups is 1. The predicted molar refractivity (Wildman–Crippen MR) is 79.8 cm³/mol. The van der Waals surface area contributed by atoms with Gasteiger partial charge < -0.3 is 24.3 Å². The van der Waals surface area contributed by atoms with E-state index < -0.39 is 0 Å². The molecule has 1 spiro atoms. The zero-order valence-corrected chi connectivity index (χ0v) is 12.9. The molecule has 2 saturated heterocycles. The van der Waals surface area contributed by atoms with Crippen molar-refractivity contribution in [1.29, 1.82) is 0 Å². The third-order valence-electron chi connectivity index (χ3n) is 4.71. The summed E-state index contributed by atoms with van der Waals surface area (Å²) in [6, 6.07) is 3.38. The van der Waals surface area contributed by atoms with Crippen LogP contribution >= 0.6 is 0 Å². The highest BCUT2D eigenvalue weighted by atomic mass is 16.6. The highest BCUT2D eigenvalue weighted by Gasteiger charge is 2.46. The first-order chi connectivity index (χ1) is 11.3. The molecule has 0 aliphatic carbocycles. The first kappa shape index (κ1) is 14.7. The lowest BCUT2D eigenvalue weighted by Crippen LogP contribution is -2.52. The van der Waals surface area contributed by atoms with Crippen molar-refractivity contribution in [2.75, 3.05) is 33.0 Å². The summed E-state index contributed by atoms with van der Waals surface area (Å²) < 4.78 is 22.2. The van der Waals surface area contributed by atoms with Crippen molar-refractivity contribution >= 4 is 5.91 Å². The van der Waals surface area contributed by atoms with Crippen molar-refractivity contribution in [3.63, 3.8) is 0 Å². The predicted octanol–water partition coefficient (Wildman–Crippen LogP) is 0.921. The minimum absolute atomic E-state index is 0.00565. The lowest BCUT2D eigenvalue weighted by molar-refractivity contribution is -0.0872. The number of rotatable bonds is 2. The number of hydrogen-bond acceptors (Lipinski definition) is 6. The van der Waals surface area contributed by atoms with E-state index in [1.807, 2.05) is 0 Å². The Bertz CT molecular complexity index is 600. The van der Waals surface area contributed by atoms with Gasteiger partial charge in [0.2, 0.25) is 0 Å². The van der Waals surface area contributed by atoms with E-state index in [1.165, 1.54) is 0 Å². The fourth-order valence-electron chi connectivity index (χ4n) is 3.45. The van der Waals surface area contributed by atoms with E-state index in [2.05, 4.69) is 10.3 Å². The van der Waals surface area contributed by atoms with Crippen LogP contribution in [0.1, 0.15) is 29.8 Å². The largest absolute Gasteiger partial charge is 0.484 e. The Morgan fingerprint density at radius 3 is 2.83 bits per heavy atom. The van der Waals surface area contributed by atoms with Crippen molar-refractivity contribution in [1.82, 2.24) is 10.3 Å². The standard InChI is InChI=1S/C16H20N2O5/c19-14(11-1-2-12-15(17-11)22-10-9-21-12)18-13-3-6-23-16(13)4-7-20-8-5-16/h1-2,13H,3-10H2,(H,18,19). The summed E-state index contributed by atoms with van der Waals surface area (Å²) >= 11 is 0. The normalized spacial score (nSPS) is 25.3. The minimum Gasteiger partial charge on any atom is -0.484 e. The van der Waals surface area contributed by atoms with Gasteiger partial charge in [0.15, 0.2) is 5.75 Å². The topological polar surface area (TPSA) is 78.9 Å². The van der Waals surface area contributed by atoms with Crippen LogP contribution in [0.4, 0.5) is 0 Å². The summed E-state index contributed by atoms with van der Waals surface area (Å²) in [4.78, 5) is 16.8. The van der Waals surface area contributed by atoms with Crippen molar-refractivity contribution in [3.8, 4) is 11.6 Å². The summed E-state index contributed by atoms with van der Waals surface area (Å²) in [5, 5.41) is 3.08. The molecule has 0 radical (unpaired) electrons. The maximum Gasteiger partial charge on any atom is 0.270 e. The molecule has 7 nitrogen and oxygen atoms in total. The van der Waals surface area contributed by atoms with Crippen LogP contribution in [0.5, 0.6) is 11.6 Å². The van der Waals surface area contributed by atoms with Gasteiger partial charge in [-0.05, 0) is 18.6 Å². The number of fused-ring (bicyclic) bond motifs is 1. The fourth-order valence-corrected chi connectivity index (χ4v) is 3.45. The van der Waals surface area contributed by atoms with Crippen LogP contribution in [-0.2, 0) is 9.47 Å². The summed E-state index contributed by atoms with van der Waals surface area (Å²) in [6.45, 7) is 2.97. The van der Waals surface area contributed by atoms with E-state index in [0.29, 0.717) is 50.4 Å². The molecule has 7 heteroatoms. The maximum absolute atomic E-state index is 12.6. The SMILES string of the molecule is O=C(NC1CCOC12CCOCC2)c1ccc2c(n1)OCCO2. The second-order valence-electron chi connectivity index (χ2n) is 6.04. The molecular formula is C16H20N2O5. The minimum atomic E-state index is -0.290. The smallest absolute Gasteiger partial charge is 0.270 e. The number of amides is 1. The van der Waals surface area contributed by atoms with Crippen molar-refractivity contribution in [2.24, 2.45) is 0 Å². The molecule has 1 amide bonds. The van der Waals surface area contributed by atoms with Gasteiger partial charge in [0.05, 0.1) is 11.6 Å². The Kier molecular flexibility index (Phi) is 3.82. The van der Waals surface area contributed by atoms with Gasteiger partial charge >= 0.3 is 0 Å². The van der Waals surface area contributed by atoms with Crippen LogP contribution in [0.15, 0.2) is 12.1 Å². The molecule has 4 rings (SSSR count). The Balaban J connectivity index is 1.49. The summed E-state index contributed by atoms with van der Waals surface area (Å²) in [6.07, 6.45) is 2.44. The number of nitrogens with one attached hydrogen (secondary N) is 1. The molecule has 0 saturated carbocycles. The molecule has 2 fully saturated rings. The molecule has 124 valence electrons. The van der Waals surface area contributed by atoms with Gasteiger partial charge in [-0.25, -0.2) is 4.98 Å². The monoisotopic (exact) mass is 320 g/mol. The molecule has 3 aliphatic heterocycles. The molecule has 1 aromatic rings. The van der Waals surface area contributed by atoms with Gasteiger partial charge in [-0.3, -0.25) is 4.79 Å². The molecule has 1 unspecified atom stereocenters. The molecule has 3 aliphatic rings. The Morgan fingerprint density at radius 2 is 1.96 bits per heavy atom. The molecular weight excluding hydrogens is 300 g/mol. The van der Waals surface area contributed by atoms with Gasteiger partial charge in [-0.1, -0.05) is 0 Å². The van der Waals surface area contributed by atoms with Crippen molar-refractivity contribution in [3.05, 3.63) is 17.8 Å². The summed E-state index contributed by atoms with van der Waals surface area (Å²) in [7, 11) is 0. The second-order valence-corrected chi connectivity index (χ2v) is 6.04. The Labute approximate surface area is 134 Å². The zero-order valence-electron chi connectivity index (χ0n) is 12.9. The van der Waals surface area contributed by atoms with Crippen LogP contribution < -0.4 is 14.8 Å². The quantitative estimate of drug-likeness (QED) is 0.873. The molecule has 1 atom stereocenters. The lowest BCUT2D eigenvalue weighted by atomic mass is 9.86. The van der Waals surface area contributed by atoms with Gasteiger partial charge in [-0.15, -0.1) is 0 Å². The van der Waals surface area contributed by atoms with Crippen molar-refractivity contribution < 1.29 is 23.7 Å². The maximum atomic E-state index is 12.6. The molecule has 1 aromatic heterocycles. The second kappa shape index (κ2) is 5.98. The van der Waals surface area contributed by atoms with E-state index in [1.54, 1.807) is 12.1 Å². The molecule has 23 heavy (non-hydrogen) atoms. The fraction of sp³-hybridized carbons (Fsp3) is 0.625. The van der Waals surface area contributed by atoms with E-state index in [-0.39, 0.29) is 17.6 Å². The molecule has 1 N–H and O–H groups in total. The number of ether oxygens (including phenoxy) is 4. The van der Waals surface area contributed by atoms with Gasteiger partial charge in [0, 0.05) is 32.7 Å². The van der Waals surface area contributed by atoms with Crippen LogP contribution in [0, 0.1) is 0 Å². The zero-order chi connectivity index (χ0) is 15.7. The third kappa shape index (κ3) is 2.74. The van der Waals surface area contributed by atoms with Crippen LogP contribution in [-0.4, -0.2) is 55.6 Å². The number of aromatic nitrogens is 1. The van der Waals surface area contributed by atoms with Gasteiger partial charge in [0.25, 0.3) is 11.8 Å². The summed E-state index contributed by atoms with van der Waals surface area (Å²) in [5.41, 5.74) is 0.0465. The molecule has 0 aromatic carbocycles. The highest BCUT2D eigenvalue weighted by molar-refractivity contribution is 5.92. The summed E-state index contributed by atoms with van der Waals surface area (Å²) in [5.74, 6) is 0.758. The van der Waals surface area contributed by atoms with E-state index in [4.69, 9.17) is 18.9 Å².